The van der Waals surface area contributed by atoms with Gasteiger partial charge in [-0.1, -0.05) is 82.7 Å². The molecule has 1 amide bonds. The van der Waals surface area contributed by atoms with E-state index in [-0.39, 0.29) is 16.9 Å². The summed E-state index contributed by atoms with van der Waals surface area (Å²) in [6.07, 6.45) is 6.53. The summed E-state index contributed by atoms with van der Waals surface area (Å²) in [5.74, 6) is 0.674. The van der Waals surface area contributed by atoms with E-state index in [2.05, 4.69) is 105 Å². The topological polar surface area (TPSA) is 32.3 Å². The zero-order valence-corrected chi connectivity index (χ0v) is 21.7. The summed E-state index contributed by atoms with van der Waals surface area (Å²) in [5, 5.41) is 3.64. The van der Waals surface area contributed by atoms with Crippen molar-refractivity contribution in [1.29, 1.82) is 0 Å². The van der Waals surface area contributed by atoms with Crippen LogP contribution in [0.5, 0.6) is 0 Å². The quantitative estimate of drug-likeness (QED) is 0.392. The fourth-order valence-electron chi connectivity index (χ4n) is 7.50. The highest BCUT2D eigenvalue weighted by molar-refractivity contribution is 9.10. The smallest absolute Gasteiger partial charge is 0.210 e. The van der Waals surface area contributed by atoms with Gasteiger partial charge < -0.3 is 10.2 Å². The van der Waals surface area contributed by atoms with Gasteiger partial charge in [0.15, 0.2) is 0 Å². The molecule has 3 aromatic carbocycles. The first-order valence-corrected chi connectivity index (χ1v) is 13.8. The number of benzene rings is 3. The molecule has 2 fully saturated rings. The van der Waals surface area contributed by atoms with Crippen molar-refractivity contribution in [3.05, 3.63) is 106 Å². The molecule has 3 aliphatic rings. The van der Waals surface area contributed by atoms with Gasteiger partial charge in [-0.3, -0.25) is 4.79 Å². The molecule has 0 bridgehead atoms. The second kappa shape index (κ2) is 9.22. The molecule has 1 spiro atoms. The molecule has 2 aliphatic heterocycles. The maximum atomic E-state index is 12.8. The third-order valence-corrected chi connectivity index (χ3v) is 9.65. The number of nitrogens with zero attached hydrogens (tertiary/aromatic N) is 1. The summed E-state index contributed by atoms with van der Waals surface area (Å²) in [6.45, 7) is 2.92. The molecule has 2 heterocycles. The van der Waals surface area contributed by atoms with E-state index in [1.54, 1.807) is 0 Å². The average Bonchev–Trinajstić information content (AvgIpc) is 3.38. The first-order chi connectivity index (χ1) is 17.2. The average molecular weight is 530 g/mol. The summed E-state index contributed by atoms with van der Waals surface area (Å²) in [7, 11) is 0. The summed E-state index contributed by atoms with van der Waals surface area (Å²) in [6, 6.07) is 28.7. The Morgan fingerprint density at radius 3 is 2.43 bits per heavy atom. The number of piperidine rings is 1. The number of hydrogen-bond donors (Lipinski definition) is 1. The molecular weight excluding hydrogens is 496 g/mol. The van der Waals surface area contributed by atoms with Crippen LogP contribution in [0, 0.1) is 0 Å². The fraction of sp³-hybridized carbons (Fsp3) is 0.387. The van der Waals surface area contributed by atoms with Crippen LogP contribution in [0.15, 0.2) is 83.3 Å². The number of carbonyl (C=O) groups is 1. The SMILES string of the molecule is O=CN1CC[C@@H](c2ccccc2)C[C@@]1(c1ccccc1)[C@H]1CC[C@@]2(CCNC2)c2ccc(Br)cc21. The highest BCUT2D eigenvalue weighted by atomic mass is 79.9. The van der Waals surface area contributed by atoms with Gasteiger partial charge in [0.1, 0.15) is 0 Å². The lowest BCUT2D eigenvalue weighted by atomic mass is 9.57. The molecule has 0 radical (unpaired) electrons. The van der Waals surface area contributed by atoms with E-state index < -0.39 is 0 Å². The molecule has 35 heavy (non-hydrogen) atoms. The Hall–Kier alpha value is -2.43. The zero-order chi connectivity index (χ0) is 23.9. The van der Waals surface area contributed by atoms with Crippen molar-refractivity contribution in [2.75, 3.05) is 19.6 Å². The molecule has 1 N–H and O–H groups in total. The third kappa shape index (κ3) is 3.77. The second-order valence-corrected chi connectivity index (χ2v) is 11.6. The predicted octanol–water partition coefficient (Wildman–Crippen LogP) is 6.49. The molecule has 0 aromatic heterocycles. The molecule has 3 nitrogen and oxygen atoms in total. The van der Waals surface area contributed by atoms with E-state index in [1.807, 2.05) is 0 Å². The van der Waals surface area contributed by atoms with Gasteiger partial charge in [0.05, 0.1) is 5.54 Å². The first kappa shape index (κ1) is 23.0. The van der Waals surface area contributed by atoms with Gasteiger partial charge in [-0.25, -0.2) is 0 Å². The number of amides is 1. The largest absolute Gasteiger partial charge is 0.335 e. The molecule has 3 aromatic rings. The van der Waals surface area contributed by atoms with Crippen LogP contribution >= 0.6 is 15.9 Å². The molecule has 0 saturated carbocycles. The maximum absolute atomic E-state index is 12.8. The number of fused-ring (bicyclic) bond motifs is 2. The van der Waals surface area contributed by atoms with Crippen LogP contribution in [0.4, 0.5) is 0 Å². The molecule has 1 aliphatic carbocycles. The van der Waals surface area contributed by atoms with E-state index in [9.17, 15) is 4.79 Å². The summed E-state index contributed by atoms with van der Waals surface area (Å²) in [4.78, 5) is 14.9. The number of likely N-dealkylation sites (tertiary alicyclic amines) is 1. The van der Waals surface area contributed by atoms with E-state index >= 15 is 0 Å². The molecule has 0 unspecified atom stereocenters. The molecule has 2 saturated heterocycles. The Labute approximate surface area is 217 Å². The minimum Gasteiger partial charge on any atom is -0.335 e. The highest BCUT2D eigenvalue weighted by Gasteiger charge is 2.53. The highest BCUT2D eigenvalue weighted by Crippen LogP contribution is 2.58. The summed E-state index contributed by atoms with van der Waals surface area (Å²) >= 11 is 3.79. The normalized spacial score (nSPS) is 30.3. The van der Waals surface area contributed by atoms with Gasteiger partial charge in [-0.2, -0.15) is 0 Å². The number of hydrogen-bond acceptors (Lipinski definition) is 2. The Bertz CT molecular complexity index is 1190. The summed E-state index contributed by atoms with van der Waals surface area (Å²) in [5.41, 5.74) is 5.42. The number of carbonyl (C=O) groups excluding carboxylic acids is 1. The molecule has 4 heteroatoms. The molecule has 6 rings (SSSR count). The van der Waals surface area contributed by atoms with Crippen molar-refractivity contribution in [1.82, 2.24) is 10.2 Å². The van der Waals surface area contributed by atoms with Crippen LogP contribution in [0.25, 0.3) is 0 Å². The monoisotopic (exact) mass is 528 g/mol. The van der Waals surface area contributed by atoms with Crippen molar-refractivity contribution in [2.24, 2.45) is 0 Å². The Morgan fingerprint density at radius 1 is 0.943 bits per heavy atom. The van der Waals surface area contributed by atoms with Crippen molar-refractivity contribution in [2.45, 2.75) is 54.9 Å². The zero-order valence-electron chi connectivity index (χ0n) is 20.1. The van der Waals surface area contributed by atoms with Crippen LogP contribution < -0.4 is 5.32 Å². The van der Waals surface area contributed by atoms with Gasteiger partial charge in [0, 0.05) is 28.9 Å². The minimum atomic E-state index is -0.370. The van der Waals surface area contributed by atoms with Gasteiger partial charge >= 0.3 is 0 Å². The Balaban J connectivity index is 1.55. The lowest BCUT2D eigenvalue weighted by Crippen LogP contribution is -2.55. The van der Waals surface area contributed by atoms with Crippen LogP contribution in [0.3, 0.4) is 0 Å². The van der Waals surface area contributed by atoms with Crippen LogP contribution in [0.2, 0.25) is 0 Å². The Morgan fingerprint density at radius 2 is 1.71 bits per heavy atom. The molecule has 4 atom stereocenters. The van der Waals surface area contributed by atoms with Crippen LogP contribution in [-0.4, -0.2) is 30.9 Å². The first-order valence-electron chi connectivity index (χ1n) is 13.0. The van der Waals surface area contributed by atoms with Crippen molar-refractivity contribution >= 4 is 22.3 Å². The number of nitrogens with one attached hydrogen (secondary N) is 1. The minimum absolute atomic E-state index is 0.212. The van der Waals surface area contributed by atoms with Crippen molar-refractivity contribution in [3.8, 4) is 0 Å². The van der Waals surface area contributed by atoms with Gasteiger partial charge in [-0.15, -0.1) is 0 Å². The maximum Gasteiger partial charge on any atom is 0.210 e. The molecule has 180 valence electrons. The third-order valence-electron chi connectivity index (χ3n) is 9.15. The number of halogens is 1. The van der Waals surface area contributed by atoms with Crippen molar-refractivity contribution in [3.63, 3.8) is 0 Å². The summed E-state index contributed by atoms with van der Waals surface area (Å²) < 4.78 is 1.13. The standard InChI is InChI=1S/C31H33BrN2O/c32-26-11-12-28-27(19-26)29(13-15-30(28)16-17-33-21-30)31(25-9-5-2-6-10-25)20-24(14-18-34(31)22-35)23-7-3-1-4-8-23/h1-12,19,22,24,29,33H,13-18,20-21H2/t24-,29+,30+,31-/m1/s1. The Kier molecular flexibility index (Phi) is 6.06. The van der Waals surface area contributed by atoms with Crippen molar-refractivity contribution < 1.29 is 4.79 Å². The van der Waals surface area contributed by atoms with Crippen LogP contribution in [0.1, 0.15) is 66.2 Å². The lowest BCUT2D eigenvalue weighted by molar-refractivity contribution is -0.129. The van der Waals surface area contributed by atoms with Crippen LogP contribution in [-0.2, 0) is 15.7 Å². The lowest BCUT2D eigenvalue weighted by Gasteiger charge is -2.55. The predicted molar refractivity (Wildman–Crippen MR) is 145 cm³/mol. The van der Waals surface area contributed by atoms with E-state index in [0.717, 1.165) is 56.2 Å². The second-order valence-electron chi connectivity index (χ2n) is 10.7. The van der Waals surface area contributed by atoms with Gasteiger partial charge in [0.25, 0.3) is 0 Å². The van der Waals surface area contributed by atoms with Gasteiger partial charge in [-0.05, 0) is 79.0 Å². The molecular formula is C31H33BrN2O. The van der Waals surface area contributed by atoms with E-state index in [4.69, 9.17) is 0 Å². The van der Waals surface area contributed by atoms with E-state index in [0.29, 0.717) is 5.92 Å². The van der Waals surface area contributed by atoms with Gasteiger partial charge in [0.2, 0.25) is 6.41 Å². The number of rotatable bonds is 4. The van der Waals surface area contributed by atoms with E-state index in [1.165, 1.54) is 28.7 Å². The fourth-order valence-corrected chi connectivity index (χ4v) is 7.88.